The van der Waals surface area contributed by atoms with E-state index in [2.05, 4.69) is 0 Å². The second-order valence-electron chi connectivity index (χ2n) is 4.82. The Bertz CT molecular complexity index is 378. The van der Waals surface area contributed by atoms with Gasteiger partial charge in [-0.05, 0) is 13.8 Å². The zero-order chi connectivity index (χ0) is 13.6. The van der Waals surface area contributed by atoms with Crippen LogP contribution in [0.2, 0.25) is 0 Å². The standard InChI is InChI=1S/C11H16O7/c1-6(12)17-8-7(13)4-15-11(9(8)14)5-16-10(2,3)18-11/h7-8,13H,4-5H2,1-3H3/t7-,8-,11+/m1/s1. The van der Waals surface area contributed by atoms with Gasteiger partial charge in [-0.1, -0.05) is 0 Å². The normalized spacial score (nSPS) is 39.0. The summed E-state index contributed by atoms with van der Waals surface area (Å²) < 4.78 is 20.8. The Kier molecular flexibility index (Phi) is 3.18. The van der Waals surface area contributed by atoms with Crippen molar-refractivity contribution in [3.63, 3.8) is 0 Å². The highest BCUT2D eigenvalue weighted by Gasteiger charge is 2.59. The lowest BCUT2D eigenvalue weighted by Crippen LogP contribution is -2.60. The minimum atomic E-state index is -1.59. The van der Waals surface area contributed by atoms with Gasteiger partial charge in [-0.3, -0.25) is 9.59 Å². The molecule has 7 heteroatoms. The Balaban J connectivity index is 2.20. The Morgan fingerprint density at radius 2 is 2.11 bits per heavy atom. The van der Waals surface area contributed by atoms with E-state index in [1.54, 1.807) is 13.8 Å². The van der Waals surface area contributed by atoms with E-state index in [0.717, 1.165) is 6.92 Å². The smallest absolute Gasteiger partial charge is 0.303 e. The third-order valence-electron chi connectivity index (χ3n) is 2.78. The van der Waals surface area contributed by atoms with Crippen molar-refractivity contribution < 1.29 is 33.6 Å². The number of ether oxygens (including phenoxy) is 4. The number of hydrogen-bond donors (Lipinski definition) is 1. The molecule has 3 atom stereocenters. The molecule has 7 nitrogen and oxygen atoms in total. The number of aliphatic hydroxyl groups excluding tert-OH is 1. The van der Waals surface area contributed by atoms with Crippen LogP contribution in [-0.4, -0.2) is 53.9 Å². The van der Waals surface area contributed by atoms with Gasteiger partial charge in [0.25, 0.3) is 5.79 Å². The second kappa shape index (κ2) is 4.27. The van der Waals surface area contributed by atoms with E-state index in [4.69, 9.17) is 18.9 Å². The first kappa shape index (κ1) is 13.4. The van der Waals surface area contributed by atoms with Gasteiger partial charge in [0, 0.05) is 6.92 Å². The number of rotatable bonds is 1. The number of ketones is 1. The summed E-state index contributed by atoms with van der Waals surface area (Å²) in [5.74, 6) is -3.84. The molecule has 0 radical (unpaired) electrons. The number of aliphatic hydroxyl groups is 1. The molecule has 0 amide bonds. The van der Waals surface area contributed by atoms with Crippen molar-refractivity contribution >= 4 is 11.8 Å². The first-order valence-electron chi connectivity index (χ1n) is 5.63. The summed E-state index contributed by atoms with van der Waals surface area (Å²) in [4.78, 5) is 23.2. The van der Waals surface area contributed by atoms with Gasteiger partial charge in [-0.2, -0.15) is 0 Å². The fourth-order valence-electron chi connectivity index (χ4n) is 2.00. The van der Waals surface area contributed by atoms with Crippen molar-refractivity contribution in [1.82, 2.24) is 0 Å². The summed E-state index contributed by atoms with van der Waals surface area (Å²) in [6.45, 7) is 4.19. The van der Waals surface area contributed by atoms with Crippen LogP contribution in [-0.2, 0) is 28.5 Å². The van der Waals surface area contributed by atoms with E-state index in [-0.39, 0.29) is 13.2 Å². The summed E-state index contributed by atoms with van der Waals surface area (Å²) in [5, 5.41) is 9.64. The van der Waals surface area contributed by atoms with Gasteiger partial charge in [0.05, 0.1) is 6.61 Å². The topological polar surface area (TPSA) is 91.3 Å². The fourth-order valence-corrected chi connectivity index (χ4v) is 2.00. The number of esters is 1. The van der Waals surface area contributed by atoms with E-state index < -0.39 is 35.5 Å². The molecule has 0 aromatic heterocycles. The summed E-state index contributed by atoms with van der Waals surface area (Å²) in [6.07, 6.45) is -2.48. The van der Waals surface area contributed by atoms with Crippen molar-refractivity contribution in [2.45, 2.75) is 44.6 Å². The summed E-state index contributed by atoms with van der Waals surface area (Å²) in [5.41, 5.74) is 0. The average molecular weight is 260 g/mol. The Morgan fingerprint density at radius 1 is 1.44 bits per heavy atom. The van der Waals surface area contributed by atoms with Crippen LogP contribution in [0.3, 0.4) is 0 Å². The molecule has 2 aliphatic rings. The van der Waals surface area contributed by atoms with E-state index >= 15 is 0 Å². The highest BCUT2D eigenvalue weighted by atomic mass is 16.8. The predicted octanol–water partition coefficient (Wildman–Crippen LogP) is -0.643. The van der Waals surface area contributed by atoms with Crippen molar-refractivity contribution in [3.8, 4) is 0 Å². The maximum atomic E-state index is 12.2. The van der Waals surface area contributed by atoms with Crippen molar-refractivity contribution in [2.75, 3.05) is 13.2 Å². The molecule has 2 rings (SSSR count). The van der Waals surface area contributed by atoms with Crippen LogP contribution in [0.15, 0.2) is 0 Å². The SMILES string of the molecule is CC(=O)O[C@H]1C(=O)[C@@]2(COC(C)(C)O2)OC[C@H]1O. The van der Waals surface area contributed by atoms with Crippen molar-refractivity contribution in [3.05, 3.63) is 0 Å². The quantitative estimate of drug-likeness (QED) is 0.627. The molecule has 2 fully saturated rings. The fraction of sp³-hybridized carbons (Fsp3) is 0.818. The summed E-state index contributed by atoms with van der Waals surface area (Å²) >= 11 is 0. The lowest BCUT2D eigenvalue weighted by Gasteiger charge is -2.37. The third-order valence-corrected chi connectivity index (χ3v) is 2.78. The largest absolute Gasteiger partial charge is 0.451 e. The van der Waals surface area contributed by atoms with E-state index in [9.17, 15) is 14.7 Å². The number of hydrogen-bond acceptors (Lipinski definition) is 7. The monoisotopic (exact) mass is 260 g/mol. The molecule has 0 unspecified atom stereocenters. The Morgan fingerprint density at radius 3 is 2.61 bits per heavy atom. The minimum absolute atomic E-state index is 0.0939. The Labute approximate surface area is 104 Å². The molecule has 102 valence electrons. The highest BCUT2D eigenvalue weighted by Crippen LogP contribution is 2.36. The molecule has 0 saturated carbocycles. The predicted molar refractivity (Wildman–Crippen MR) is 56.4 cm³/mol. The van der Waals surface area contributed by atoms with Crippen molar-refractivity contribution in [1.29, 1.82) is 0 Å². The zero-order valence-electron chi connectivity index (χ0n) is 10.5. The molecule has 18 heavy (non-hydrogen) atoms. The number of Topliss-reactive ketones (excluding diaryl/α,β-unsaturated/α-hetero) is 1. The lowest BCUT2D eigenvalue weighted by atomic mass is 9.99. The molecule has 1 N–H and O–H groups in total. The maximum absolute atomic E-state index is 12.2. The molecule has 2 aliphatic heterocycles. The number of carbonyl (C=O) groups excluding carboxylic acids is 2. The molecular weight excluding hydrogens is 244 g/mol. The molecule has 2 saturated heterocycles. The van der Waals surface area contributed by atoms with Crippen LogP contribution in [0.5, 0.6) is 0 Å². The van der Waals surface area contributed by atoms with Crippen molar-refractivity contribution in [2.24, 2.45) is 0 Å². The first-order chi connectivity index (χ1) is 8.26. The molecule has 2 heterocycles. The van der Waals surface area contributed by atoms with Crippen LogP contribution in [0.4, 0.5) is 0 Å². The maximum Gasteiger partial charge on any atom is 0.303 e. The molecular formula is C11H16O7. The number of carbonyl (C=O) groups is 2. The summed E-state index contributed by atoms with van der Waals surface area (Å²) in [6, 6.07) is 0. The van der Waals surface area contributed by atoms with Gasteiger partial charge >= 0.3 is 5.97 Å². The van der Waals surface area contributed by atoms with Crippen LogP contribution in [0.25, 0.3) is 0 Å². The lowest BCUT2D eigenvalue weighted by molar-refractivity contribution is -0.272. The second-order valence-corrected chi connectivity index (χ2v) is 4.82. The van der Waals surface area contributed by atoms with Gasteiger partial charge in [0.15, 0.2) is 11.9 Å². The van der Waals surface area contributed by atoms with E-state index in [1.807, 2.05) is 0 Å². The first-order valence-corrected chi connectivity index (χ1v) is 5.63. The molecule has 1 spiro atoms. The van der Waals surface area contributed by atoms with Crippen LogP contribution in [0.1, 0.15) is 20.8 Å². The average Bonchev–Trinajstić information content (AvgIpc) is 2.57. The molecule has 0 bridgehead atoms. The van der Waals surface area contributed by atoms with Gasteiger partial charge in [-0.25, -0.2) is 0 Å². The zero-order valence-corrected chi connectivity index (χ0v) is 10.5. The van der Waals surface area contributed by atoms with E-state index in [0.29, 0.717) is 0 Å². The third kappa shape index (κ3) is 2.26. The summed E-state index contributed by atoms with van der Waals surface area (Å²) in [7, 11) is 0. The van der Waals surface area contributed by atoms with Crippen LogP contribution < -0.4 is 0 Å². The van der Waals surface area contributed by atoms with Gasteiger partial charge in [0.1, 0.15) is 12.7 Å². The molecule has 0 aromatic rings. The van der Waals surface area contributed by atoms with Gasteiger partial charge < -0.3 is 24.1 Å². The van der Waals surface area contributed by atoms with E-state index in [1.165, 1.54) is 0 Å². The molecule has 0 aromatic carbocycles. The van der Waals surface area contributed by atoms with Crippen LogP contribution >= 0.6 is 0 Å². The minimum Gasteiger partial charge on any atom is -0.451 e. The van der Waals surface area contributed by atoms with Gasteiger partial charge in [0.2, 0.25) is 5.78 Å². The molecule has 0 aliphatic carbocycles. The van der Waals surface area contributed by atoms with Gasteiger partial charge in [-0.15, -0.1) is 0 Å². The van der Waals surface area contributed by atoms with Crippen LogP contribution in [0, 0.1) is 0 Å². The highest BCUT2D eigenvalue weighted by molar-refractivity contribution is 5.93. The Hall–Kier alpha value is -1.02.